The summed E-state index contributed by atoms with van der Waals surface area (Å²) in [6.07, 6.45) is 39.5. The lowest BCUT2D eigenvalue weighted by molar-refractivity contribution is 0.304. The number of ether oxygens (including phenoxy) is 3. The van der Waals surface area contributed by atoms with E-state index in [4.69, 9.17) is 29.2 Å². The second kappa shape index (κ2) is 34.5. The minimum absolute atomic E-state index is 0.638. The van der Waals surface area contributed by atoms with Crippen LogP contribution in [0.1, 0.15) is 213 Å². The molecule has 0 bridgehead atoms. The van der Waals surface area contributed by atoms with Crippen LogP contribution in [0.25, 0.3) is 34.2 Å². The van der Waals surface area contributed by atoms with Gasteiger partial charge in [-0.3, -0.25) is 0 Å². The highest BCUT2D eigenvalue weighted by Crippen LogP contribution is 2.28. The van der Waals surface area contributed by atoms with E-state index in [0.717, 1.165) is 73.0 Å². The third-order valence-electron chi connectivity index (χ3n) is 12.3. The molecule has 0 aliphatic heterocycles. The van der Waals surface area contributed by atoms with Gasteiger partial charge < -0.3 is 14.2 Å². The van der Waals surface area contributed by atoms with Gasteiger partial charge in [-0.1, -0.05) is 194 Å². The van der Waals surface area contributed by atoms with Crippen LogP contribution in [-0.4, -0.2) is 34.8 Å². The van der Waals surface area contributed by atoms with Gasteiger partial charge in [0.25, 0.3) is 0 Å². The zero-order valence-corrected chi connectivity index (χ0v) is 40.3. The fourth-order valence-electron chi connectivity index (χ4n) is 8.20. The van der Waals surface area contributed by atoms with Gasteiger partial charge >= 0.3 is 0 Å². The average Bonchev–Trinajstić information content (AvgIpc) is 3.32. The van der Waals surface area contributed by atoms with Gasteiger partial charge in [0, 0.05) is 16.7 Å². The van der Waals surface area contributed by atoms with Crippen molar-refractivity contribution in [3.05, 3.63) is 72.8 Å². The second-order valence-electron chi connectivity index (χ2n) is 18.0. The highest BCUT2D eigenvalue weighted by Gasteiger charge is 2.13. The van der Waals surface area contributed by atoms with Crippen molar-refractivity contribution in [2.45, 2.75) is 213 Å². The van der Waals surface area contributed by atoms with E-state index in [1.54, 1.807) is 0 Å². The van der Waals surface area contributed by atoms with E-state index in [2.05, 4.69) is 57.2 Å². The lowest BCUT2D eigenvalue weighted by Crippen LogP contribution is -2.01. The molecule has 0 aliphatic rings. The van der Waals surface area contributed by atoms with Crippen molar-refractivity contribution < 1.29 is 14.2 Å². The molecule has 348 valence electrons. The Hall–Kier alpha value is -3.93. The molecule has 0 amide bonds. The van der Waals surface area contributed by atoms with Crippen LogP contribution in [0.3, 0.4) is 0 Å². The van der Waals surface area contributed by atoms with E-state index >= 15 is 0 Å². The van der Waals surface area contributed by atoms with Crippen LogP contribution < -0.4 is 14.2 Å². The summed E-state index contributed by atoms with van der Waals surface area (Å²) in [6, 6.07) is 24.6. The Morgan fingerprint density at radius 3 is 0.651 bits per heavy atom. The zero-order chi connectivity index (χ0) is 44.3. The first-order valence-corrected chi connectivity index (χ1v) is 26.2. The van der Waals surface area contributed by atoms with Crippen LogP contribution in [0.2, 0.25) is 0 Å². The van der Waals surface area contributed by atoms with Gasteiger partial charge in [0.15, 0.2) is 17.5 Å². The third kappa shape index (κ3) is 23.0. The summed E-state index contributed by atoms with van der Waals surface area (Å²) in [5.41, 5.74) is 2.79. The van der Waals surface area contributed by atoms with Crippen LogP contribution in [0.5, 0.6) is 17.2 Å². The van der Waals surface area contributed by atoms with E-state index in [-0.39, 0.29) is 0 Å². The normalized spacial score (nSPS) is 11.3. The van der Waals surface area contributed by atoms with Crippen molar-refractivity contribution in [1.82, 2.24) is 15.0 Å². The summed E-state index contributed by atoms with van der Waals surface area (Å²) in [4.78, 5) is 15.0. The maximum absolute atomic E-state index is 6.14. The average molecular weight is 862 g/mol. The summed E-state index contributed by atoms with van der Waals surface area (Å²) in [6.45, 7) is 9.07. The fourth-order valence-corrected chi connectivity index (χ4v) is 8.20. The molecule has 0 N–H and O–H groups in total. The van der Waals surface area contributed by atoms with Crippen LogP contribution in [-0.2, 0) is 0 Å². The van der Waals surface area contributed by atoms with Gasteiger partial charge in [-0.05, 0) is 92.1 Å². The second-order valence-corrected chi connectivity index (χ2v) is 18.0. The minimum atomic E-state index is 0.638. The summed E-state index contributed by atoms with van der Waals surface area (Å²) in [7, 11) is 0. The van der Waals surface area contributed by atoms with Crippen LogP contribution in [0.15, 0.2) is 72.8 Å². The molecule has 0 unspecified atom stereocenters. The summed E-state index contributed by atoms with van der Waals surface area (Å²) in [5.74, 6) is 4.55. The Bertz CT molecular complexity index is 1460. The molecule has 4 aromatic rings. The van der Waals surface area contributed by atoms with Crippen molar-refractivity contribution in [3.63, 3.8) is 0 Å². The van der Waals surface area contributed by atoms with Crippen LogP contribution in [0, 0.1) is 0 Å². The molecule has 0 fully saturated rings. The van der Waals surface area contributed by atoms with Gasteiger partial charge in [-0.2, -0.15) is 0 Å². The quantitative estimate of drug-likeness (QED) is 0.0416. The van der Waals surface area contributed by atoms with Crippen molar-refractivity contribution in [2.75, 3.05) is 19.8 Å². The third-order valence-corrected chi connectivity index (χ3v) is 12.3. The molecular formula is C57H87N3O3. The highest BCUT2D eigenvalue weighted by molar-refractivity contribution is 5.67. The van der Waals surface area contributed by atoms with E-state index < -0.39 is 0 Å². The Morgan fingerprint density at radius 2 is 0.444 bits per heavy atom. The van der Waals surface area contributed by atoms with Gasteiger partial charge in [0.05, 0.1) is 19.8 Å². The molecule has 0 aliphatic carbocycles. The molecule has 3 aromatic carbocycles. The maximum Gasteiger partial charge on any atom is 0.164 e. The minimum Gasteiger partial charge on any atom is -0.494 e. The maximum atomic E-state index is 6.14. The zero-order valence-electron chi connectivity index (χ0n) is 40.3. The topological polar surface area (TPSA) is 66.4 Å². The number of benzene rings is 3. The molecular weight excluding hydrogens is 775 g/mol. The predicted octanol–water partition coefficient (Wildman–Crippen LogP) is 17.8. The standard InChI is InChI=1S/C57H87N3O3/c1-4-7-10-13-16-19-22-25-28-31-46-61-52-40-34-49(35-41-52)55-58-56(50-36-42-53(43-37-50)62-47-32-29-26-23-20-17-14-11-8-5-2)60-57(59-55)51-38-44-54(45-39-51)63-48-33-30-27-24-21-18-15-12-9-6-3/h34-45H,4-33,46-48H2,1-3H3. The van der Waals surface area contributed by atoms with Gasteiger partial charge in [-0.25, -0.2) is 15.0 Å². The number of rotatable bonds is 39. The van der Waals surface area contributed by atoms with Gasteiger partial charge in [0.2, 0.25) is 0 Å². The van der Waals surface area contributed by atoms with Crippen LogP contribution in [0.4, 0.5) is 0 Å². The van der Waals surface area contributed by atoms with Crippen molar-refractivity contribution in [1.29, 1.82) is 0 Å². The molecule has 0 spiro atoms. The Kier molecular flexibility index (Phi) is 28.3. The molecule has 6 heteroatoms. The number of unbranched alkanes of at least 4 members (excludes halogenated alkanes) is 27. The Balaban J connectivity index is 1.31. The van der Waals surface area contributed by atoms with Crippen molar-refractivity contribution in [3.8, 4) is 51.4 Å². The Morgan fingerprint density at radius 1 is 0.254 bits per heavy atom. The number of hydrogen-bond acceptors (Lipinski definition) is 6. The molecule has 63 heavy (non-hydrogen) atoms. The molecule has 1 aromatic heterocycles. The summed E-state index contributed by atoms with van der Waals surface area (Å²) >= 11 is 0. The van der Waals surface area contributed by atoms with E-state index in [1.165, 1.54) is 173 Å². The molecule has 6 nitrogen and oxygen atoms in total. The largest absolute Gasteiger partial charge is 0.494 e. The van der Waals surface area contributed by atoms with Gasteiger partial charge in [0.1, 0.15) is 17.2 Å². The van der Waals surface area contributed by atoms with Gasteiger partial charge in [-0.15, -0.1) is 0 Å². The molecule has 0 radical (unpaired) electrons. The number of hydrogen-bond donors (Lipinski definition) is 0. The lowest BCUT2D eigenvalue weighted by atomic mass is 10.1. The van der Waals surface area contributed by atoms with E-state index in [1.807, 2.05) is 36.4 Å². The van der Waals surface area contributed by atoms with Crippen molar-refractivity contribution >= 4 is 0 Å². The number of nitrogens with zero attached hydrogens (tertiary/aromatic N) is 3. The molecule has 0 atom stereocenters. The highest BCUT2D eigenvalue weighted by atomic mass is 16.5. The smallest absolute Gasteiger partial charge is 0.164 e. The fraction of sp³-hybridized carbons (Fsp3) is 0.632. The lowest BCUT2D eigenvalue weighted by Gasteiger charge is -2.11. The molecule has 4 rings (SSSR count). The monoisotopic (exact) mass is 862 g/mol. The van der Waals surface area contributed by atoms with E-state index in [9.17, 15) is 0 Å². The molecule has 1 heterocycles. The molecule has 0 saturated heterocycles. The first-order chi connectivity index (χ1) is 31.2. The first-order valence-electron chi connectivity index (χ1n) is 26.2. The SMILES string of the molecule is CCCCCCCCCCCCOc1ccc(-c2nc(-c3ccc(OCCCCCCCCCCCC)cc3)nc(-c3ccc(OCCCCCCCCCCCC)cc3)n2)cc1. The number of aromatic nitrogens is 3. The van der Waals surface area contributed by atoms with Crippen molar-refractivity contribution in [2.24, 2.45) is 0 Å². The summed E-state index contributed by atoms with van der Waals surface area (Å²) in [5, 5.41) is 0. The molecule has 0 saturated carbocycles. The van der Waals surface area contributed by atoms with Crippen LogP contribution >= 0.6 is 0 Å². The van der Waals surface area contributed by atoms with E-state index in [0.29, 0.717) is 17.5 Å². The Labute approximate surface area is 385 Å². The summed E-state index contributed by atoms with van der Waals surface area (Å²) < 4.78 is 18.4. The first kappa shape index (κ1) is 51.7. The predicted molar refractivity (Wildman–Crippen MR) is 268 cm³/mol.